The number of rotatable bonds is 2. The van der Waals surface area contributed by atoms with Gasteiger partial charge in [0.25, 0.3) is 0 Å². The van der Waals surface area contributed by atoms with Crippen LogP contribution in [-0.4, -0.2) is 0 Å². The van der Waals surface area contributed by atoms with Crippen molar-refractivity contribution in [3.63, 3.8) is 0 Å². The highest BCUT2D eigenvalue weighted by atomic mass is 35.5. The molecule has 2 rings (SSSR count). The molecular weight excluding hydrogens is 258 g/mol. The van der Waals surface area contributed by atoms with E-state index >= 15 is 0 Å². The van der Waals surface area contributed by atoms with E-state index in [1.54, 1.807) is 0 Å². The zero-order valence-electron chi connectivity index (χ0n) is 9.05. The minimum Gasteiger partial charge on any atom is -0.355 e. The normalized spacial score (nSPS) is 9.89. The van der Waals surface area contributed by atoms with Gasteiger partial charge in [0.2, 0.25) is 0 Å². The number of hydrogen-bond donors (Lipinski definition) is 1. The van der Waals surface area contributed by atoms with Crippen LogP contribution >= 0.6 is 11.6 Å². The van der Waals surface area contributed by atoms with Gasteiger partial charge in [-0.05, 0) is 36.4 Å². The van der Waals surface area contributed by atoms with E-state index in [1.165, 1.54) is 30.3 Å². The molecule has 2 aromatic carbocycles. The quantitative estimate of drug-likeness (QED) is 0.881. The Morgan fingerprint density at radius 1 is 0.944 bits per heavy atom. The maximum atomic E-state index is 13.2. The highest BCUT2D eigenvalue weighted by Crippen LogP contribution is 2.23. The largest absolute Gasteiger partial charge is 0.355 e. The van der Waals surface area contributed by atoms with E-state index in [9.17, 15) is 8.78 Å². The lowest BCUT2D eigenvalue weighted by Gasteiger charge is -2.07. The second-order valence-electron chi connectivity index (χ2n) is 3.62. The first-order valence-corrected chi connectivity index (χ1v) is 5.38. The van der Waals surface area contributed by atoms with Gasteiger partial charge in [-0.25, -0.2) is 8.78 Å². The predicted octanol–water partition coefficient (Wildman–Crippen LogP) is 4.23. The zero-order chi connectivity index (χ0) is 13.1. The summed E-state index contributed by atoms with van der Waals surface area (Å²) in [5.74, 6) is -1.04. The fourth-order valence-electron chi connectivity index (χ4n) is 1.52. The van der Waals surface area contributed by atoms with E-state index in [0.29, 0.717) is 11.4 Å². The molecule has 0 unspecified atom stereocenters. The predicted molar refractivity (Wildman–Crippen MR) is 65.8 cm³/mol. The maximum Gasteiger partial charge on any atom is 0.126 e. The van der Waals surface area contributed by atoms with Crippen LogP contribution in [-0.2, 0) is 0 Å². The Morgan fingerprint density at radius 2 is 1.56 bits per heavy atom. The van der Waals surface area contributed by atoms with Crippen molar-refractivity contribution in [2.75, 3.05) is 5.32 Å². The van der Waals surface area contributed by atoms with Crippen molar-refractivity contribution in [1.29, 1.82) is 5.26 Å². The van der Waals surface area contributed by atoms with Gasteiger partial charge in [0.1, 0.15) is 11.6 Å². The number of anilines is 2. The molecular formula is C13H7ClF2N2. The summed E-state index contributed by atoms with van der Waals surface area (Å²) < 4.78 is 26.3. The minimum absolute atomic E-state index is 0.181. The van der Waals surface area contributed by atoms with E-state index in [0.717, 1.165) is 6.07 Å². The molecule has 0 fully saturated rings. The van der Waals surface area contributed by atoms with Crippen molar-refractivity contribution in [2.45, 2.75) is 0 Å². The molecule has 0 heterocycles. The lowest BCUT2D eigenvalue weighted by atomic mass is 10.2. The van der Waals surface area contributed by atoms with Gasteiger partial charge in [-0.15, -0.1) is 0 Å². The Balaban J connectivity index is 2.34. The standard InChI is InChI=1S/C13H7ClF2N2/c14-9-3-11(16)6-13(4-9)18-12-2-8(7-17)1-10(15)5-12/h1-6,18H. The van der Waals surface area contributed by atoms with Gasteiger partial charge in [-0.3, -0.25) is 0 Å². The molecule has 0 spiro atoms. The third-order valence-electron chi connectivity index (χ3n) is 2.18. The van der Waals surface area contributed by atoms with Crippen LogP contribution < -0.4 is 5.32 Å². The highest BCUT2D eigenvalue weighted by Gasteiger charge is 2.03. The van der Waals surface area contributed by atoms with Crippen LogP contribution in [0.3, 0.4) is 0 Å². The fraction of sp³-hybridized carbons (Fsp3) is 0. The minimum atomic E-state index is -0.543. The highest BCUT2D eigenvalue weighted by molar-refractivity contribution is 6.30. The van der Waals surface area contributed by atoms with Crippen LogP contribution in [0.2, 0.25) is 5.02 Å². The van der Waals surface area contributed by atoms with Crippen molar-refractivity contribution in [3.8, 4) is 6.07 Å². The average Bonchev–Trinajstić information content (AvgIpc) is 2.26. The molecule has 18 heavy (non-hydrogen) atoms. The first kappa shape index (κ1) is 12.3. The van der Waals surface area contributed by atoms with Gasteiger partial charge in [-0.1, -0.05) is 11.6 Å². The molecule has 0 atom stereocenters. The number of nitriles is 1. The lowest BCUT2D eigenvalue weighted by Crippen LogP contribution is -1.93. The molecule has 0 aliphatic rings. The first-order chi connectivity index (χ1) is 8.56. The topological polar surface area (TPSA) is 35.8 Å². The van der Waals surface area contributed by atoms with E-state index in [-0.39, 0.29) is 10.6 Å². The molecule has 0 aromatic heterocycles. The molecule has 5 heteroatoms. The third-order valence-corrected chi connectivity index (χ3v) is 2.40. The number of halogens is 3. The van der Waals surface area contributed by atoms with E-state index in [4.69, 9.17) is 16.9 Å². The van der Waals surface area contributed by atoms with E-state index in [1.807, 2.05) is 6.07 Å². The van der Waals surface area contributed by atoms with Gasteiger partial charge < -0.3 is 5.32 Å². The Hall–Kier alpha value is -2.12. The summed E-state index contributed by atoms with van der Waals surface area (Å²) in [6.45, 7) is 0. The fourth-order valence-corrected chi connectivity index (χ4v) is 1.74. The van der Waals surface area contributed by atoms with Gasteiger partial charge in [0, 0.05) is 16.4 Å². The molecule has 0 amide bonds. The Labute approximate surface area is 107 Å². The average molecular weight is 265 g/mol. The summed E-state index contributed by atoms with van der Waals surface area (Å²) in [4.78, 5) is 0. The van der Waals surface area contributed by atoms with Crippen molar-refractivity contribution < 1.29 is 8.78 Å². The summed E-state index contributed by atoms with van der Waals surface area (Å²) in [7, 11) is 0. The third kappa shape index (κ3) is 2.96. The zero-order valence-corrected chi connectivity index (χ0v) is 9.80. The van der Waals surface area contributed by atoms with Crippen molar-refractivity contribution >= 4 is 23.0 Å². The monoisotopic (exact) mass is 264 g/mol. The van der Waals surface area contributed by atoms with Crippen molar-refractivity contribution in [1.82, 2.24) is 0 Å². The number of hydrogen-bond acceptors (Lipinski definition) is 2. The van der Waals surface area contributed by atoms with Crippen molar-refractivity contribution in [3.05, 3.63) is 58.6 Å². The molecule has 1 N–H and O–H groups in total. The number of nitrogens with one attached hydrogen (secondary N) is 1. The van der Waals surface area contributed by atoms with Crippen LogP contribution in [0.25, 0.3) is 0 Å². The smallest absolute Gasteiger partial charge is 0.126 e. The Bertz CT molecular complexity index is 615. The summed E-state index contributed by atoms with van der Waals surface area (Å²) in [5, 5.41) is 11.7. The molecule has 0 saturated carbocycles. The number of nitrogens with zero attached hydrogens (tertiary/aromatic N) is 1. The lowest BCUT2D eigenvalue weighted by molar-refractivity contribution is 0.628. The first-order valence-electron chi connectivity index (χ1n) is 5.00. The summed E-state index contributed by atoms with van der Waals surface area (Å²) >= 11 is 5.70. The second-order valence-corrected chi connectivity index (χ2v) is 4.06. The van der Waals surface area contributed by atoms with Gasteiger partial charge in [-0.2, -0.15) is 5.26 Å². The molecule has 0 radical (unpaired) electrons. The van der Waals surface area contributed by atoms with Crippen LogP contribution in [0.5, 0.6) is 0 Å². The van der Waals surface area contributed by atoms with Gasteiger partial charge in [0.05, 0.1) is 11.6 Å². The summed E-state index contributed by atoms with van der Waals surface area (Å²) in [6, 6.07) is 9.51. The maximum absolute atomic E-state index is 13.2. The summed E-state index contributed by atoms with van der Waals surface area (Å²) in [6.07, 6.45) is 0. The van der Waals surface area contributed by atoms with Crippen LogP contribution in [0.4, 0.5) is 20.2 Å². The van der Waals surface area contributed by atoms with E-state index < -0.39 is 11.6 Å². The molecule has 2 aromatic rings. The Kier molecular flexibility index (Phi) is 3.45. The molecule has 0 aliphatic carbocycles. The molecule has 90 valence electrons. The number of benzene rings is 2. The molecule has 0 saturated heterocycles. The molecule has 0 aliphatic heterocycles. The molecule has 2 nitrogen and oxygen atoms in total. The SMILES string of the molecule is N#Cc1cc(F)cc(Nc2cc(F)cc(Cl)c2)c1. The van der Waals surface area contributed by atoms with E-state index in [2.05, 4.69) is 5.32 Å². The molecule has 0 bridgehead atoms. The summed E-state index contributed by atoms with van der Waals surface area (Å²) in [5.41, 5.74) is 0.919. The van der Waals surface area contributed by atoms with Crippen LogP contribution in [0.1, 0.15) is 5.56 Å². The van der Waals surface area contributed by atoms with Crippen LogP contribution in [0.15, 0.2) is 36.4 Å². The second kappa shape index (κ2) is 5.03. The van der Waals surface area contributed by atoms with Crippen LogP contribution in [0, 0.1) is 23.0 Å². The van der Waals surface area contributed by atoms with Crippen molar-refractivity contribution in [2.24, 2.45) is 0 Å². The Morgan fingerprint density at radius 3 is 2.17 bits per heavy atom. The van der Waals surface area contributed by atoms with Gasteiger partial charge >= 0.3 is 0 Å². The van der Waals surface area contributed by atoms with Gasteiger partial charge in [0.15, 0.2) is 0 Å².